The fourth-order valence-electron chi connectivity index (χ4n) is 1.83. The summed E-state index contributed by atoms with van der Waals surface area (Å²) in [6, 6.07) is 4.43. The first-order valence-electron chi connectivity index (χ1n) is 6.33. The molecule has 102 valence electrons. The second-order valence-electron chi connectivity index (χ2n) is 4.46. The molecule has 3 nitrogen and oxygen atoms in total. The summed E-state index contributed by atoms with van der Waals surface area (Å²) in [5, 5.41) is 7.38. The monoisotopic (exact) mass is 265 g/mol. The Bertz CT molecular complexity index is 564. The van der Waals surface area contributed by atoms with Gasteiger partial charge in [0, 0.05) is 12.7 Å². The summed E-state index contributed by atoms with van der Waals surface area (Å²) in [6.45, 7) is 5.16. The van der Waals surface area contributed by atoms with Gasteiger partial charge in [-0.05, 0) is 37.6 Å². The number of benzene rings is 1. The number of hydrogen-bond acceptors (Lipinski definition) is 2. The lowest BCUT2D eigenvalue weighted by molar-refractivity contribution is 0.552. The zero-order valence-corrected chi connectivity index (χ0v) is 11.1. The van der Waals surface area contributed by atoms with Gasteiger partial charge in [0.15, 0.2) is 11.6 Å². The van der Waals surface area contributed by atoms with Crippen molar-refractivity contribution in [2.45, 2.75) is 26.8 Å². The minimum absolute atomic E-state index is 0.123. The van der Waals surface area contributed by atoms with E-state index >= 15 is 0 Å². The normalized spacial score (nSPS) is 10.9. The molecule has 1 aromatic carbocycles. The summed E-state index contributed by atoms with van der Waals surface area (Å²) < 4.78 is 28.9. The zero-order valence-electron chi connectivity index (χ0n) is 11.1. The van der Waals surface area contributed by atoms with Gasteiger partial charge < -0.3 is 5.32 Å². The van der Waals surface area contributed by atoms with Gasteiger partial charge in [0.25, 0.3) is 0 Å². The highest BCUT2D eigenvalue weighted by Gasteiger charge is 2.14. The Kier molecular flexibility index (Phi) is 4.27. The first-order chi connectivity index (χ1) is 9.13. The lowest BCUT2D eigenvalue weighted by Gasteiger charge is -2.07. The van der Waals surface area contributed by atoms with Crippen LogP contribution in [-0.2, 0) is 6.54 Å². The molecule has 2 aromatic rings. The molecule has 0 atom stereocenters. The Morgan fingerprint density at radius 2 is 2.05 bits per heavy atom. The molecule has 0 bridgehead atoms. The number of hydrogen-bond donors (Lipinski definition) is 1. The maximum absolute atomic E-state index is 13.9. The first kappa shape index (κ1) is 13.7. The smallest absolute Gasteiger partial charge is 0.154 e. The van der Waals surface area contributed by atoms with Crippen LogP contribution in [-0.4, -0.2) is 16.3 Å². The molecule has 0 fully saturated rings. The SMILES string of the molecule is CCCNCc1ccn(-c2c(F)ccc(C)c2F)n1. The van der Waals surface area contributed by atoms with E-state index < -0.39 is 11.6 Å². The largest absolute Gasteiger partial charge is 0.311 e. The van der Waals surface area contributed by atoms with Gasteiger partial charge in [0.05, 0.1) is 5.69 Å². The van der Waals surface area contributed by atoms with Crippen LogP contribution in [0.5, 0.6) is 0 Å². The molecule has 0 spiro atoms. The van der Waals surface area contributed by atoms with Crippen LogP contribution in [0.1, 0.15) is 24.6 Å². The molecule has 2 rings (SSSR count). The molecule has 0 unspecified atom stereocenters. The molecule has 5 heteroatoms. The number of rotatable bonds is 5. The van der Waals surface area contributed by atoms with Crippen molar-refractivity contribution in [1.82, 2.24) is 15.1 Å². The van der Waals surface area contributed by atoms with Crippen molar-refractivity contribution in [1.29, 1.82) is 0 Å². The lowest BCUT2D eigenvalue weighted by atomic mass is 10.2. The minimum atomic E-state index is -0.612. The summed E-state index contributed by atoms with van der Waals surface area (Å²) >= 11 is 0. The van der Waals surface area contributed by atoms with Crippen molar-refractivity contribution in [2.24, 2.45) is 0 Å². The van der Waals surface area contributed by atoms with Crippen LogP contribution in [0.25, 0.3) is 5.69 Å². The average molecular weight is 265 g/mol. The van der Waals surface area contributed by atoms with E-state index in [-0.39, 0.29) is 5.69 Å². The molecule has 0 saturated carbocycles. The Morgan fingerprint density at radius 3 is 2.79 bits per heavy atom. The van der Waals surface area contributed by atoms with Crippen molar-refractivity contribution in [3.63, 3.8) is 0 Å². The highest BCUT2D eigenvalue weighted by atomic mass is 19.1. The van der Waals surface area contributed by atoms with Gasteiger partial charge >= 0.3 is 0 Å². The predicted molar refractivity (Wildman–Crippen MR) is 70.2 cm³/mol. The van der Waals surface area contributed by atoms with E-state index in [1.807, 2.05) is 0 Å². The highest BCUT2D eigenvalue weighted by Crippen LogP contribution is 2.20. The average Bonchev–Trinajstić information content (AvgIpc) is 2.83. The van der Waals surface area contributed by atoms with Crippen LogP contribution in [0.3, 0.4) is 0 Å². The maximum atomic E-state index is 13.9. The van der Waals surface area contributed by atoms with Gasteiger partial charge in [-0.3, -0.25) is 0 Å². The summed E-state index contributed by atoms with van der Waals surface area (Å²) in [4.78, 5) is 0. The standard InChI is InChI=1S/C14H17F2N3/c1-3-7-17-9-11-6-8-19(18-11)14-12(15)5-4-10(2)13(14)16/h4-6,8,17H,3,7,9H2,1-2H3. The van der Waals surface area contributed by atoms with Gasteiger partial charge in [0.2, 0.25) is 0 Å². The zero-order chi connectivity index (χ0) is 13.8. The van der Waals surface area contributed by atoms with E-state index in [1.54, 1.807) is 19.2 Å². The van der Waals surface area contributed by atoms with E-state index in [0.29, 0.717) is 12.1 Å². The van der Waals surface area contributed by atoms with E-state index in [9.17, 15) is 8.78 Å². The molecular weight excluding hydrogens is 248 g/mol. The quantitative estimate of drug-likeness (QED) is 0.842. The number of halogens is 2. The Hall–Kier alpha value is -1.75. The van der Waals surface area contributed by atoms with Crippen molar-refractivity contribution in [3.8, 4) is 5.69 Å². The summed E-state index contributed by atoms with van der Waals surface area (Å²) in [6.07, 6.45) is 2.60. The van der Waals surface area contributed by atoms with Gasteiger partial charge in [-0.15, -0.1) is 0 Å². The second kappa shape index (κ2) is 5.93. The summed E-state index contributed by atoms with van der Waals surface area (Å²) in [5.74, 6) is -1.18. The van der Waals surface area contributed by atoms with Crippen LogP contribution >= 0.6 is 0 Å². The van der Waals surface area contributed by atoms with E-state index in [4.69, 9.17) is 0 Å². The van der Waals surface area contributed by atoms with Crippen molar-refractivity contribution in [3.05, 3.63) is 47.3 Å². The number of aromatic nitrogens is 2. The molecule has 0 amide bonds. The molecule has 0 aliphatic carbocycles. The van der Waals surface area contributed by atoms with Crippen LogP contribution in [0, 0.1) is 18.6 Å². The number of aryl methyl sites for hydroxylation is 1. The molecular formula is C14H17F2N3. The molecule has 19 heavy (non-hydrogen) atoms. The molecule has 0 aliphatic heterocycles. The summed E-state index contributed by atoms with van der Waals surface area (Å²) in [5.41, 5.74) is 1.04. The van der Waals surface area contributed by atoms with Crippen LogP contribution in [0.2, 0.25) is 0 Å². The van der Waals surface area contributed by atoms with Crippen molar-refractivity contribution >= 4 is 0 Å². The van der Waals surface area contributed by atoms with Crippen LogP contribution < -0.4 is 5.32 Å². The van der Waals surface area contributed by atoms with Crippen LogP contribution in [0.15, 0.2) is 24.4 Å². The fraction of sp³-hybridized carbons (Fsp3) is 0.357. The highest BCUT2D eigenvalue weighted by molar-refractivity contribution is 5.38. The summed E-state index contributed by atoms with van der Waals surface area (Å²) in [7, 11) is 0. The van der Waals surface area contributed by atoms with E-state index in [2.05, 4.69) is 17.3 Å². The molecule has 1 heterocycles. The third-order valence-corrected chi connectivity index (χ3v) is 2.87. The second-order valence-corrected chi connectivity index (χ2v) is 4.46. The minimum Gasteiger partial charge on any atom is -0.311 e. The number of nitrogens with one attached hydrogen (secondary N) is 1. The lowest BCUT2D eigenvalue weighted by Crippen LogP contribution is -2.14. The van der Waals surface area contributed by atoms with Gasteiger partial charge in [-0.1, -0.05) is 13.0 Å². The third-order valence-electron chi connectivity index (χ3n) is 2.87. The molecule has 0 radical (unpaired) electrons. The first-order valence-corrected chi connectivity index (χ1v) is 6.33. The van der Waals surface area contributed by atoms with Gasteiger partial charge in [-0.25, -0.2) is 13.5 Å². The third kappa shape index (κ3) is 2.98. The predicted octanol–water partition coefficient (Wildman–Crippen LogP) is 2.96. The Labute approximate surface area is 111 Å². The fourth-order valence-corrected chi connectivity index (χ4v) is 1.83. The van der Waals surface area contributed by atoms with E-state index in [0.717, 1.165) is 18.7 Å². The van der Waals surface area contributed by atoms with Gasteiger partial charge in [0.1, 0.15) is 5.69 Å². The van der Waals surface area contributed by atoms with Crippen molar-refractivity contribution < 1.29 is 8.78 Å². The molecule has 0 saturated heterocycles. The number of nitrogens with zero attached hydrogens (tertiary/aromatic N) is 2. The van der Waals surface area contributed by atoms with E-state index in [1.165, 1.54) is 16.8 Å². The Balaban J connectivity index is 2.25. The van der Waals surface area contributed by atoms with Crippen LogP contribution in [0.4, 0.5) is 8.78 Å². The molecule has 1 aromatic heterocycles. The van der Waals surface area contributed by atoms with Crippen molar-refractivity contribution in [2.75, 3.05) is 6.54 Å². The molecule has 0 aliphatic rings. The van der Waals surface area contributed by atoms with Gasteiger partial charge in [-0.2, -0.15) is 5.10 Å². The molecule has 1 N–H and O–H groups in total. The maximum Gasteiger partial charge on any atom is 0.154 e. The Morgan fingerprint density at radius 1 is 1.26 bits per heavy atom. The topological polar surface area (TPSA) is 29.9 Å².